The summed E-state index contributed by atoms with van der Waals surface area (Å²) in [5.74, 6) is 0.536. The number of para-hydroxylation sites is 2. The van der Waals surface area contributed by atoms with Gasteiger partial charge in [-0.25, -0.2) is 9.55 Å². The summed E-state index contributed by atoms with van der Waals surface area (Å²) in [6.45, 7) is 0. The molecule has 2 aromatic carbocycles. The van der Waals surface area contributed by atoms with Crippen molar-refractivity contribution >= 4 is 37.9 Å². The Morgan fingerprint density at radius 1 is 1.05 bits per heavy atom. The van der Waals surface area contributed by atoms with Gasteiger partial charge in [0.1, 0.15) is 0 Å². The number of aromatic amines is 1. The Bertz CT molecular complexity index is 999. The lowest BCUT2D eigenvalue weighted by Crippen LogP contribution is -2.18. The summed E-state index contributed by atoms with van der Waals surface area (Å²) >= 11 is 3.45. The van der Waals surface area contributed by atoms with E-state index in [1.807, 2.05) is 48.5 Å². The summed E-state index contributed by atoms with van der Waals surface area (Å²) in [5.41, 5.74) is 2.47. The van der Waals surface area contributed by atoms with E-state index < -0.39 is 0 Å². The van der Waals surface area contributed by atoms with Gasteiger partial charge in [0.2, 0.25) is 5.95 Å². The molecule has 0 saturated carbocycles. The first-order valence-corrected chi connectivity index (χ1v) is 7.28. The molecule has 21 heavy (non-hydrogen) atoms. The number of fused-ring (bicyclic) bond motifs is 2. The van der Waals surface area contributed by atoms with Gasteiger partial charge in [0.05, 0.1) is 16.6 Å². The average molecular weight is 340 g/mol. The van der Waals surface area contributed by atoms with Crippen LogP contribution in [0, 0.1) is 0 Å². The normalized spacial score (nSPS) is 11.3. The first-order chi connectivity index (χ1) is 10.2. The third-order valence-electron chi connectivity index (χ3n) is 3.45. The molecule has 0 unspecified atom stereocenters. The van der Waals surface area contributed by atoms with Gasteiger partial charge in [0.15, 0.2) is 0 Å². The van der Waals surface area contributed by atoms with Crippen LogP contribution < -0.4 is 5.56 Å². The second-order valence-corrected chi connectivity index (χ2v) is 5.70. The molecule has 0 amide bonds. The highest BCUT2D eigenvalue weighted by Gasteiger charge is 2.09. The van der Waals surface area contributed by atoms with Gasteiger partial charge in [-0.1, -0.05) is 28.1 Å². The minimum atomic E-state index is -0.108. The molecule has 0 saturated heterocycles. The van der Waals surface area contributed by atoms with E-state index in [0.717, 1.165) is 26.4 Å². The Morgan fingerprint density at radius 2 is 1.90 bits per heavy atom. The second-order valence-electron chi connectivity index (χ2n) is 4.79. The van der Waals surface area contributed by atoms with Crippen molar-refractivity contribution in [2.45, 2.75) is 0 Å². The number of benzene rings is 2. The number of aromatic nitrogens is 3. The quantitative estimate of drug-likeness (QED) is 0.575. The number of nitrogens with one attached hydrogen (secondary N) is 1. The van der Waals surface area contributed by atoms with Gasteiger partial charge in [0, 0.05) is 15.9 Å². The van der Waals surface area contributed by atoms with E-state index in [9.17, 15) is 4.79 Å². The van der Waals surface area contributed by atoms with Gasteiger partial charge in [0.25, 0.3) is 5.56 Å². The fourth-order valence-corrected chi connectivity index (χ4v) is 2.86. The van der Waals surface area contributed by atoms with Crippen LogP contribution in [0.4, 0.5) is 0 Å². The van der Waals surface area contributed by atoms with Crippen molar-refractivity contribution in [1.82, 2.24) is 14.5 Å². The highest BCUT2D eigenvalue weighted by atomic mass is 79.9. The maximum absolute atomic E-state index is 12.3. The molecule has 0 aliphatic carbocycles. The molecule has 4 aromatic rings. The highest BCUT2D eigenvalue weighted by molar-refractivity contribution is 9.10. The van der Waals surface area contributed by atoms with E-state index in [2.05, 4.69) is 25.9 Å². The van der Waals surface area contributed by atoms with Crippen LogP contribution >= 0.6 is 15.9 Å². The number of nitrogens with zero attached hydrogens (tertiary/aromatic N) is 2. The Hall–Kier alpha value is -2.40. The summed E-state index contributed by atoms with van der Waals surface area (Å²) in [7, 11) is 0. The van der Waals surface area contributed by atoms with Gasteiger partial charge in [-0.05, 0) is 36.4 Å². The molecule has 4 nitrogen and oxygen atoms in total. The van der Waals surface area contributed by atoms with Crippen LogP contribution in [0.15, 0.2) is 63.9 Å². The van der Waals surface area contributed by atoms with Crippen LogP contribution in [0.1, 0.15) is 0 Å². The Balaban J connectivity index is 2.09. The van der Waals surface area contributed by atoms with Gasteiger partial charge >= 0.3 is 0 Å². The molecule has 0 bridgehead atoms. The standard InChI is InChI=1S/C16H10BrN3O/c17-11-6-7-14-10(9-11)5-8-15(21)20(14)16-18-12-3-1-2-4-13(12)19-16/h1-9H,(H,18,19). The summed E-state index contributed by atoms with van der Waals surface area (Å²) < 4.78 is 2.58. The largest absolute Gasteiger partial charge is 0.323 e. The maximum atomic E-state index is 12.3. The molecular weight excluding hydrogens is 330 g/mol. The summed E-state index contributed by atoms with van der Waals surface area (Å²) in [6, 6.07) is 16.9. The van der Waals surface area contributed by atoms with Crippen molar-refractivity contribution in [3.8, 4) is 5.95 Å². The van der Waals surface area contributed by atoms with Crippen LogP contribution in [0.3, 0.4) is 0 Å². The molecule has 102 valence electrons. The smallest absolute Gasteiger partial charge is 0.257 e. The monoisotopic (exact) mass is 339 g/mol. The number of rotatable bonds is 1. The van der Waals surface area contributed by atoms with Crippen molar-refractivity contribution < 1.29 is 0 Å². The molecule has 2 aromatic heterocycles. The third kappa shape index (κ3) is 1.97. The summed E-state index contributed by atoms with van der Waals surface area (Å²) in [5, 5.41) is 0.976. The third-order valence-corrected chi connectivity index (χ3v) is 3.94. The molecule has 0 radical (unpaired) electrons. The number of H-pyrrole nitrogens is 1. The molecule has 1 N–H and O–H groups in total. The van der Waals surface area contributed by atoms with Crippen LogP contribution in [-0.4, -0.2) is 14.5 Å². The van der Waals surface area contributed by atoms with Crippen molar-refractivity contribution in [3.05, 3.63) is 69.4 Å². The average Bonchev–Trinajstić information content (AvgIpc) is 2.90. The zero-order chi connectivity index (χ0) is 14.4. The van der Waals surface area contributed by atoms with Crippen LogP contribution in [0.25, 0.3) is 27.9 Å². The van der Waals surface area contributed by atoms with E-state index in [1.54, 1.807) is 10.6 Å². The number of imidazole rings is 1. The van der Waals surface area contributed by atoms with Crippen molar-refractivity contribution in [1.29, 1.82) is 0 Å². The lowest BCUT2D eigenvalue weighted by molar-refractivity contribution is 0.960. The topological polar surface area (TPSA) is 50.7 Å². The van der Waals surface area contributed by atoms with Gasteiger partial charge in [-0.2, -0.15) is 0 Å². The first-order valence-electron chi connectivity index (χ1n) is 6.49. The molecule has 0 aliphatic heterocycles. The molecule has 0 fully saturated rings. The molecule has 5 heteroatoms. The fourth-order valence-electron chi connectivity index (χ4n) is 2.48. The van der Waals surface area contributed by atoms with Gasteiger partial charge in [-0.15, -0.1) is 0 Å². The highest BCUT2D eigenvalue weighted by Crippen LogP contribution is 2.21. The Labute approximate surface area is 128 Å². The van der Waals surface area contributed by atoms with Crippen molar-refractivity contribution in [2.75, 3.05) is 0 Å². The summed E-state index contributed by atoms with van der Waals surface area (Å²) in [4.78, 5) is 20.0. The molecule has 0 spiro atoms. The number of hydrogen-bond donors (Lipinski definition) is 1. The number of pyridine rings is 1. The minimum Gasteiger partial charge on any atom is -0.323 e. The molecular formula is C16H10BrN3O. The van der Waals surface area contributed by atoms with Crippen LogP contribution in [0.5, 0.6) is 0 Å². The molecule has 2 heterocycles. The number of hydrogen-bond acceptors (Lipinski definition) is 2. The Morgan fingerprint density at radius 3 is 2.76 bits per heavy atom. The maximum Gasteiger partial charge on any atom is 0.257 e. The Kier molecular flexibility index (Phi) is 2.68. The zero-order valence-electron chi connectivity index (χ0n) is 10.9. The zero-order valence-corrected chi connectivity index (χ0v) is 12.5. The van der Waals surface area contributed by atoms with E-state index in [1.165, 1.54) is 0 Å². The molecule has 4 rings (SSSR count). The van der Waals surface area contributed by atoms with Crippen molar-refractivity contribution in [3.63, 3.8) is 0 Å². The van der Waals surface area contributed by atoms with E-state index in [4.69, 9.17) is 0 Å². The van der Waals surface area contributed by atoms with Gasteiger partial charge < -0.3 is 4.98 Å². The van der Waals surface area contributed by atoms with E-state index in [0.29, 0.717) is 5.95 Å². The summed E-state index contributed by atoms with van der Waals surface area (Å²) in [6.07, 6.45) is 0. The minimum absolute atomic E-state index is 0.108. The lowest BCUT2D eigenvalue weighted by atomic mass is 10.2. The van der Waals surface area contributed by atoms with Crippen LogP contribution in [-0.2, 0) is 0 Å². The first kappa shape index (κ1) is 12.3. The predicted molar refractivity (Wildman–Crippen MR) is 86.9 cm³/mol. The predicted octanol–water partition coefficient (Wildman–Crippen LogP) is 3.63. The molecule has 0 atom stereocenters. The SMILES string of the molecule is O=c1ccc2cc(Br)ccc2n1-c1nc2ccccc2[nH]1. The van der Waals surface area contributed by atoms with Crippen LogP contribution in [0.2, 0.25) is 0 Å². The lowest BCUT2D eigenvalue weighted by Gasteiger charge is -2.07. The second kappa shape index (κ2) is 4.56. The van der Waals surface area contributed by atoms with Crippen molar-refractivity contribution in [2.24, 2.45) is 0 Å². The van der Waals surface area contributed by atoms with E-state index in [-0.39, 0.29) is 5.56 Å². The molecule has 0 aliphatic rings. The van der Waals surface area contributed by atoms with Gasteiger partial charge in [-0.3, -0.25) is 4.79 Å². The van der Waals surface area contributed by atoms with E-state index >= 15 is 0 Å². The number of halogens is 1. The fraction of sp³-hybridized carbons (Fsp3) is 0.